The molecule has 2 unspecified atom stereocenters. The number of amides is 3. The van der Waals surface area contributed by atoms with Crippen LogP contribution in [0.15, 0.2) is 60.7 Å². The van der Waals surface area contributed by atoms with Gasteiger partial charge >= 0.3 is 6.03 Å². The second kappa shape index (κ2) is 7.32. The van der Waals surface area contributed by atoms with E-state index < -0.39 is 0 Å². The number of imide groups is 1. The molecule has 1 saturated heterocycles. The molecule has 1 heterocycles. The first kappa shape index (κ1) is 16.8. The summed E-state index contributed by atoms with van der Waals surface area (Å²) in [6, 6.07) is 19.7. The van der Waals surface area contributed by atoms with Gasteiger partial charge in [0.25, 0.3) is 0 Å². The van der Waals surface area contributed by atoms with Crippen molar-refractivity contribution in [2.75, 3.05) is 0 Å². The van der Waals surface area contributed by atoms with Crippen molar-refractivity contribution in [1.29, 1.82) is 0 Å². The zero-order valence-electron chi connectivity index (χ0n) is 14.9. The Morgan fingerprint density at radius 1 is 0.769 bits per heavy atom. The van der Waals surface area contributed by atoms with Gasteiger partial charge in [0.05, 0.1) is 12.5 Å². The van der Waals surface area contributed by atoms with Crippen molar-refractivity contribution in [3.63, 3.8) is 0 Å². The van der Waals surface area contributed by atoms with Crippen LogP contribution in [-0.4, -0.2) is 27.8 Å². The average Bonchev–Trinajstić information content (AvgIpc) is 2.70. The van der Waals surface area contributed by atoms with Crippen LogP contribution in [0.4, 0.5) is 4.79 Å². The van der Waals surface area contributed by atoms with Crippen LogP contribution in [0.3, 0.4) is 0 Å². The minimum atomic E-state index is -0.147. The molecule has 0 aromatic heterocycles. The highest BCUT2D eigenvalue weighted by molar-refractivity contribution is 5.98. The molecule has 4 heteroatoms. The summed E-state index contributed by atoms with van der Waals surface area (Å²) in [5, 5.41) is 0. The number of benzene rings is 2. The lowest BCUT2D eigenvalue weighted by molar-refractivity contribution is -0.141. The lowest BCUT2D eigenvalue weighted by Gasteiger charge is -2.47. The third kappa shape index (κ3) is 3.24. The highest BCUT2D eigenvalue weighted by Crippen LogP contribution is 2.35. The van der Waals surface area contributed by atoms with E-state index in [4.69, 9.17) is 0 Å². The van der Waals surface area contributed by atoms with Gasteiger partial charge in [-0.1, -0.05) is 73.5 Å². The molecule has 2 aromatic rings. The van der Waals surface area contributed by atoms with E-state index in [1.165, 1.54) is 4.90 Å². The van der Waals surface area contributed by atoms with Gasteiger partial charge in [-0.2, -0.15) is 0 Å². The molecule has 3 amide bonds. The van der Waals surface area contributed by atoms with Crippen LogP contribution in [0.5, 0.6) is 0 Å². The van der Waals surface area contributed by atoms with E-state index in [0.717, 1.165) is 36.8 Å². The molecule has 1 aliphatic carbocycles. The van der Waals surface area contributed by atoms with Gasteiger partial charge in [-0.3, -0.25) is 9.69 Å². The molecule has 0 spiro atoms. The fourth-order valence-corrected chi connectivity index (χ4v) is 4.24. The van der Waals surface area contributed by atoms with Gasteiger partial charge in [0.15, 0.2) is 0 Å². The molecule has 1 saturated carbocycles. The van der Waals surface area contributed by atoms with Crippen molar-refractivity contribution in [3.8, 4) is 0 Å². The summed E-state index contributed by atoms with van der Waals surface area (Å²) in [6.07, 6.45) is 3.96. The molecule has 2 aromatic carbocycles. The van der Waals surface area contributed by atoms with Gasteiger partial charge in [0, 0.05) is 12.6 Å². The zero-order chi connectivity index (χ0) is 17.9. The van der Waals surface area contributed by atoms with Gasteiger partial charge < -0.3 is 4.90 Å². The van der Waals surface area contributed by atoms with E-state index in [2.05, 4.69) is 0 Å². The highest BCUT2D eigenvalue weighted by atomic mass is 16.2. The summed E-state index contributed by atoms with van der Waals surface area (Å²) >= 11 is 0. The lowest BCUT2D eigenvalue weighted by atomic mass is 9.81. The highest BCUT2D eigenvalue weighted by Gasteiger charge is 2.46. The third-order valence-corrected chi connectivity index (χ3v) is 5.57. The van der Waals surface area contributed by atoms with E-state index >= 15 is 0 Å². The maximum atomic E-state index is 13.2. The second-order valence-corrected chi connectivity index (χ2v) is 7.26. The number of urea groups is 1. The average molecular weight is 348 g/mol. The number of hydrogen-bond donors (Lipinski definition) is 0. The van der Waals surface area contributed by atoms with Gasteiger partial charge in [-0.25, -0.2) is 4.79 Å². The Bertz CT molecular complexity index is 775. The Morgan fingerprint density at radius 3 is 2.00 bits per heavy atom. The predicted molar refractivity (Wildman–Crippen MR) is 100 cm³/mol. The van der Waals surface area contributed by atoms with E-state index in [0.29, 0.717) is 13.1 Å². The molecular weight excluding hydrogens is 324 g/mol. The van der Waals surface area contributed by atoms with Crippen molar-refractivity contribution >= 4 is 11.9 Å². The monoisotopic (exact) mass is 348 g/mol. The van der Waals surface area contributed by atoms with Crippen LogP contribution >= 0.6 is 0 Å². The first-order chi connectivity index (χ1) is 12.7. The Morgan fingerprint density at radius 2 is 1.35 bits per heavy atom. The molecule has 2 fully saturated rings. The van der Waals surface area contributed by atoms with Crippen molar-refractivity contribution in [2.45, 2.75) is 44.8 Å². The molecule has 0 radical (unpaired) electrons. The lowest BCUT2D eigenvalue weighted by Crippen LogP contribution is -2.61. The molecule has 2 atom stereocenters. The van der Waals surface area contributed by atoms with Crippen molar-refractivity contribution in [2.24, 2.45) is 5.92 Å². The number of carbonyl (C=O) groups is 2. The summed E-state index contributed by atoms with van der Waals surface area (Å²) < 4.78 is 0. The molecule has 0 N–H and O–H groups in total. The Labute approximate surface area is 154 Å². The minimum Gasteiger partial charge on any atom is -0.316 e. The van der Waals surface area contributed by atoms with Crippen LogP contribution in [-0.2, 0) is 17.9 Å². The van der Waals surface area contributed by atoms with Crippen LogP contribution in [0.2, 0.25) is 0 Å². The summed E-state index contributed by atoms with van der Waals surface area (Å²) in [4.78, 5) is 29.7. The molecule has 4 nitrogen and oxygen atoms in total. The van der Waals surface area contributed by atoms with Crippen LogP contribution < -0.4 is 0 Å². The zero-order valence-corrected chi connectivity index (χ0v) is 14.9. The fraction of sp³-hybridized carbons (Fsp3) is 0.364. The van der Waals surface area contributed by atoms with E-state index in [9.17, 15) is 9.59 Å². The summed E-state index contributed by atoms with van der Waals surface area (Å²) in [5.41, 5.74) is 2.10. The third-order valence-electron chi connectivity index (χ3n) is 5.57. The summed E-state index contributed by atoms with van der Waals surface area (Å²) in [6.45, 7) is 0.923. The Kier molecular flexibility index (Phi) is 4.74. The quantitative estimate of drug-likeness (QED) is 0.830. The minimum absolute atomic E-state index is 0.00728. The first-order valence-electron chi connectivity index (χ1n) is 9.44. The largest absolute Gasteiger partial charge is 0.327 e. The van der Waals surface area contributed by atoms with Gasteiger partial charge in [-0.15, -0.1) is 0 Å². The van der Waals surface area contributed by atoms with Crippen molar-refractivity contribution in [3.05, 3.63) is 71.8 Å². The van der Waals surface area contributed by atoms with Gasteiger partial charge in [0.2, 0.25) is 5.91 Å². The molecule has 26 heavy (non-hydrogen) atoms. The van der Waals surface area contributed by atoms with Gasteiger partial charge in [0.1, 0.15) is 0 Å². The molecule has 2 aliphatic rings. The topological polar surface area (TPSA) is 40.6 Å². The van der Waals surface area contributed by atoms with Gasteiger partial charge in [-0.05, 0) is 24.0 Å². The molecular formula is C22H24N2O2. The first-order valence-corrected chi connectivity index (χ1v) is 9.44. The number of nitrogens with zero attached hydrogens (tertiary/aromatic N) is 2. The maximum Gasteiger partial charge on any atom is 0.327 e. The van der Waals surface area contributed by atoms with Crippen molar-refractivity contribution in [1.82, 2.24) is 9.80 Å². The van der Waals surface area contributed by atoms with Crippen molar-refractivity contribution < 1.29 is 9.59 Å². The van der Waals surface area contributed by atoms with Crippen LogP contribution in [0.25, 0.3) is 0 Å². The Balaban J connectivity index is 1.62. The number of hydrogen-bond acceptors (Lipinski definition) is 2. The number of rotatable bonds is 4. The maximum absolute atomic E-state index is 13.2. The summed E-state index contributed by atoms with van der Waals surface area (Å²) in [7, 11) is 0. The smallest absolute Gasteiger partial charge is 0.316 e. The summed E-state index contributed by atoms with van der Waals surface area (Å²) in [5.74, 6) is -0.0539. The number of carbonyl (C=O) groups excluding carboxylic acids is 2. The Hall–Kier alpha value is -2.62. The second-order valence-electron chi connectivity index (χ2n) is 7.26. The van der Waals surface area contributed by atoms with E-state index in [1.54, 1.807) is 0 Å². The van der Waals surface area contributed by atoms with E-state index in [1.807, 2.05) is 65.6 Å². The standard InChI is InChI=1S/C22H24N2O2/c25-21-19-13-7-8-14-20(19)23(15-17-9-3-1-4-10-17)22(26)24(21)16-18-11-5-2-6-12-18/h1-6,9-12,19-20H,7-8,13-16H2. The normalized spacial score (nSPS) is 23.1. The SMILES string of the molecule is O=C1C2CCCCC2N(Cc2ccccc2)C(=O)N1Cc1ccccc1. The fourth-order valence-electron chi connectivity index (χ4n) is 4.24. The molecule has 0 bridgehead atoms. The molecule has 134 valence electrons. The van der Waals surface area contributed by atoms with E-state index in [-0.39, 0.29) is 23.9 Å². The molecule has 4 rings (SSSR count). The van der Waals surface area contributed by atoms with Crippen LogP contribution in [0, 0.1) is 5.92 Å². The number of fused-ring (bicyclic) bond motifs is 1. The predicted octanol–water partition coefficient (Wildman–Crippen LogP) is 4.21. The molecule has 1 aliphatic heterocycles. The van der Waals surface area contributed by atoms with Crippen LogP contribution in [0.1, 0.15) is 36.8 Å².